The minimum atomic E-state index is -1.38. The van der Waals surface area contributed by atoms with Crippen molar-refractivity contribution in [2.24, 2.45) is 5.92 Å². The lowest BCUT2D eigenvalue weighted by Crippen LogP contribution is -2.51. The molecule has 1 unspecified atom stereocenters. The monoisotopic (exact) mass is 616 g/mol. The van der Waals surface area contributed by atoms with Crippen LogP contribution in [0.15, 0.2) is 84.9 Å². The lowest BCUT2D eigenvalue weighted by Gasteiger charge is -2.49. The Labute approximate surface area is 267 Å². The number of nitrogens with one attached hydrogen (secondary N) is 1. The minimum Gasteiger partial charge on any atom is -0.508 e. The number of phenols is 2. The van der Waals surface area contributed by atoms with Gasteiger partial charge in [0.2, 0.25) is 5.91 Å². The number of likely N-dealkylation sites (tertiary alicyclic amines) is 1. The molecule has 8 nitrogen and oxygen atoms in total. The topological polar surface area (TPSA) is 108 Å². The molecule has 1 saturated carbocycles. The van der Waals surface area contributed by atoms with Crippen LogP contribution in [-0.4, -0.2) is 40.1 Å². The Kier molecular flexibility index (Phi) is 6.79. The molecule has 3 aliphatic heterocycles. The predicted octanol–water partition coefficient (Wildman–Crippen LogP) is 7.18. The quantitative estimate of drug-likeness (QED) is 0.165. The van der Waals surface area contributed by atoms with Crippen molar-refractivity contribution >= 4 is 17.6 Å². The van der Waals surface area contributed by atoms with Crippen molar-refractivity contribution in [2.75, 3.05) is 18.4 Å². The molecule has 1 atom stereocenters. The third-order valence-electron chi connectivity index (χ3n) is 10.6. The van der Waals surface area contributed by atoms with E-state index in [2.05, 4.69) is 40.5 Å². The number of nitrogens with zero attached hydrogens (tertiary/aromatic N) is 1. The van der Waals surface area contributed by atoms with Gasteiger partial charge in [0, 0.05) is 28.7 Å². The van der Waals surface area contributed by atoms with Gasteiger partial charge in [-0.05, 0) is 74.7 Å². The van der Waals surface area contributed by atoms with Crippen molar-refractivity contribution in [1.29, 1.82) is 0 Å². The van der Waals surface area contributed by atoms with Crippen LogP contribution in [0.5, 0.6) is 23.0 Å². The standard InChI is InChI=1S/C38H36N2O6/c41-26-13-14-29-32(23-26)45-34-30(38(29)28-12-6-5-11-27(28)36(44)46-38)15-16-31(42)33(34)39-35(43)24-17-21-40(22-18-24)37(19-7-2-8-20-37)25-9-3-1-4-10-25/h1,3-6,9-16,23-24,41-42H,2,7-8,17-22H2,(H,39,43). The van der Waals surface area contributed by atoms with Crippen molar-refractivity contribution < 1.29 is 29.3 Å². The summed E-state index contributed by atoms with van der Waals surface area (Å²) < 4.78 is 12.5. The van der Waals surface area contributed by atoms with E-state index < -0.39 is 11.6 Å². The van der Waals surface area contributed by atoms with Gasteiger partial charge in [-0.15, -0.1) is 0 Å². The summed E-state index contributed by atoms with van der Waals surface area (Å²) in [6.07, 6.45) is 7.32. The van der Waals surface area contributed by atoms with Gasteiger partial charge in [0.1, 0.15) is 22.9 Å². The average Bonchev–Trinajstić information content (AvgIpc) is 3.39. The molecule has 234 valence electrons. The van der Waals surface area contributed by atoms with Gasteiger partial charge < -0.3 is 25.0 Å². The number of carbonyl (C=O) groups excluding carboxylic acids is 2. The van der Waals surface area contributed by atoms with Crippen LogP contribution in [0.3, 0.4) is 0 Å². The van der Waals surface area contributed by atoms with Gasteiger partial charge in [-0.25, -0.2) is 4.79 Å². The van der Waals surface area contributed by atoms with E-state index in [1.165, 1.54) is 43.0 Å². The smallest absolute Gasteiger partial charge is 0.340 e. The molecule has 1 spiro atoms. The van der Waals surface area contributed by atoms with E-state index in [1.54, 1.807) is 24.3 Å². The highest BCUT2D eigenvalue weighted by atomic mass is 16.6. The first-order valence-corrected chi connectivity index (χ1v) is 16.2. The highest BCUT2D eigenvalue weighted by Gasteiger charge is 2.54. The van der Waals surface area contributed by atoms with E-state index in [9.17, 15) is 19.8 Å². The molecule has 1 amide bonds. The van der Waals surface area contributed by atoms with Gasteiger partial charge in [-0.1, -0.05) is 67.8 Å². The maximum atomic E-state index is 13.9. The van der Waals surface area contributed by atoms with Gasteiger partial charge in [0.05, 0.1) is 11.1 Å². The number of carbonyl (C=O) groups is 2. The third kappa shape index (κ3) is 4.31. The molecule has 8 rings (SSSR count). The molecule has 4 aromatic carbocycles. The van der Waals surface area contributed by atoms with Crippen LogP contribution in [0.25, 0.3) is 0 Å². The first-order valence-electron chi connectivity index (χ1n) is 16.2. The SMILES string of the molecule is O=C1OC2(c3ccc(O)cc3Oc3c2ccc(O)c3NC(=O)C2CCN(C3(c4ccccc4)CCCCC3)CC2)c2ccccc21. The van der Waals surface area contributed by atoms with E-state index in [0.29, 0.717) is 35.1 Å². The first-order chi connectivity index (χ1) is 22.4. The molecule has 0 aromatic heterocycles. The number of benzene rings is 4. The number of hydrogen-bond acceptors (Lipinski definition) is 7. The molecule has 3 N–H and O–H groups in total. The van der Waals surface area contributed by atoms with E-state index in [1.807, 2.05) is 12.1 Å². The second-order valence-corrected chi connectivity index (χ2v) is 12.9. The van der Waals surface area contributed by atoms with Crippen molar-refractivity contribution in [3.05, 3.63) is 113 Å². The molecule has 1 saturated heterocycles. The third-order valence-corrected chi connectivity index (χ3v) is 10.6. The van der Waals surface area contributed by atoms with Crippen LogP contribution in [0.2, 0.25) is 0 Å². The van der Waals surface area contributed by atoms with Gasteiger partial charge in [0.25, 0.3) is 0 Å². The van der Waals surface area contributed by atoms with Crippen LogP contribution in [0.4, 0.5) is 5.69 Å². The summed E-state index contributed by atoms with van der Waals surface area (Å²) in [4.78, 5) is 29.7. The van der Waals surface area contributed by atoms with E-state index >= 15 is 0 Å². The molecule has 4 aromatic rings. The van der Waals surface area contributed by atoms with Crippen molar-refractivity contribution in [2.45, 2.75) is 56.1 Å². The van der Waals surface area contributed by atoms with Crippen LogP contribution >= 0.6 is 0 Å². The normalized spacial score (nSPS) is 21.9. The maximum Gasteiger partial charge on any atom is 0.340 e. The zero-order valence-electron chi connectivity index (χ0n) is 25.5. The Morgan fingerprint density at radius 3 is 2.33 bits per heavy atom. The molecular weight excluding hydrogens is 580 g/mol. The first kappa shape index (κ1) is 28.6. The van der Waals surface area contributed by atoms with Crippen molar-refractivity contribution in [1.82, 2.24) is 4.90 Å². The summed E-state index contributed by atoms with van der Waals surface area (Å²) in [6.45, 7) is 1.62. The number of aromatic hydroxyl groups is 2. The zero-order valence-corrected chi connectivity index (χ0v) is 25.5. The molecule has 2 fully saturated rings. The van der Waals surface area contributed by atoms with Crippen LogP contribution < -0.4 is 10.1 Å². The number of ether oxygens (including phenoxy) is 2. The molecule has 4 aliphatic rings. The minimum absolute atomic E-state index is 0.00778. The summed E-state index contributed by atoms with van der Waals surface area (Å²) in [5.41, 5.74) is 2.18. The van der Waals surface area contributed by atoms with Gasteiger partial charge >= 0.3 is 5.97 Å². The molecule has 0 radical (unpaired) electrons. The molecule has 0 bridgehead atoms. The Balaban J connectivity index is 1.10. The number of rotatable bonds is 4. The number of fused-ring (bicyclic) bond motifs is 6. The number of hydrogen-bond donors (Lipinski definition) is 3. The fourth-order valence-corrected chi connectivity index (χ4v) is 8.30. The molecule has 46 heavy (non-hydrogen) atoms. The number of amides is 1. The Hall–Kier alpha value is -4.82. The molecule has 8 heteroatoms. The lowest BCUT2D eigenvalue weighted by atomic mass is 9.74. The summed E-state index contributed by atoms with van der Waals surface area (Å²) >= 11 is 0. The zero-order chi connectivity index (χ0) is 31.5. The summed E-state index contributed by atoms with van der Waals surface area (Å²) in [5.74, 6) is -0.668. The van der Waals surface area contributed by atoms with Crippen LogP contribution in [-0.2, 0) is 20.7 Å². The average molecular weight is 617 g/mol. The lowest BCUT2D eigenvalue weighted by molar-refractivity contribution is -0.122. The van der Waals surface area contributed by atoms with Gasteiger partial charge in [-0.3, -0.25) is 9.69 Å². The summed E-state index contributed by atoms with van der Waals surface area (Å²) in [6, 6.07) is 25.8. The second-order valence-electron chi connectivity index (χ2n) is 12.9. The van der Waals surface area contributed by atoms with Gasteiger partial charge in [-0.2, -0.15) is 0 Å². The van der Waals surface area contributed by atoms with Crippen molar-refractivity contribution in [3.8, 4) is 23.0 Å². The number of anilines is 1. The van der Waals surface area contributed by atoms with Crippen molar-refractivity contribution in [3.63, 3.8) is 0 Å². The van der Waals surface area contributed by atoms with E-state index in [-0.39, 0.29) is 46.0 Å². The molecular formula is C38H36N2O6. The summed E-state index contributed by atoms with van der Waals surface area (Å²) in [5, 5.41) is 24.5. The Morgan fingerprint density at radius 2 is 1.54 bits per heavy atom. The summed E-state index contributed by atoms with van der Waals surface area (Å²) in [7, 11) is 0. The largest absolute Gasteiger partial charge is 0.508 e. The fraction of sp³-hybridized carbons (Fsp3) is 0.316. The molecule has 1 aliphatic carbocycles. The van der Waals surface area contributed by atoms with Gasteiger partial charge in [0.15, 0.2) is 11.4 Å². The Bertz CT molecular complexity index is 1840. The van der Waals surface area contributed by atoms with Crippen LogP contribution in [0.1, 0.15) is 77.6 Å². The molecule has 3 heterocycles. The number of esters is 1. The number of piperidine rings is 1. The Morgan fingerprint density at radius 1 is 0.826 bits per heavy atom. The predicted molar refractivity (Wildman–Crippen MR) is 172 cm³/mol. The highest BCUT2D eigenvalue weighted by molar-refractivity contribution is 5.99. The van der Waals surface area contributed by atoms with E-state index in [4.69, 9.17) is 9.47 Å². The highest BCUT2D eigenvalue weighted by Crippen LogP contribution is 2.59. The number of phenolic OH excluding ortho intramolecular Hbond substituents is 2. The van der Waals surface area contributed by atoms with Crippen LogP contribution in [0, 0.1) is 5.92 Å². The van der Waals surface area contributed by atoms with E-state index in [0.717, 1.165) is 25.9 Å². The fourth-order valence-electron chi connectivity index (χ4n) is 8.30. The maximum absolute atomic E-state index is 13.9. The second kappa shape index (κ2) is 10.9.